The van der Waals surface area contributed by atoms with Crippen LogP contribution in [0.4, 0.5) is 0 Å². The minimum Gasteiger partial charge on any atom is -0.393 e. The Kier molecular flexibility index (Phi) is 3.96. The molecule has 1 aliphatic rings. The van der Waals surface area contributed by atoms with Crippen molar-refractivity contribution in [2.45, 2.75) is 46.1 Å². The number of nitrogens with zero attached hydrogens (tertiary/aromatic N) is 1. The summed E-state index contributed by atoms with van der Waals surface area (Å²) in [6.07, 6.45) is 3.27. The fraction of sp³-hybridized carbons (Fsp3) is 1.00. The van der Waals surface area contributed by atoms with Crippen LogP contribution < -0.4 is 0 Å². The lowest BCUT2D eigenvalue weighted by molar-refractivity contribution is 0.0271. The van der Waals surface area contributed by atoms with Crippen molar-refractivity contribution >= 4 is 0 Å². The molecular formula is C12H25NO. The van der Waals surface area contributed by atoms with Crippen LogP contribution in [-0.4, -0.2) is 36.2 Å². The van der Waals surface area contributed by atoms with Gasteiger partial charge in [-0.2, -0.15) is 0 Å². The predicted molar refractivity (Wildman–Crippen MR) is 60.3 cm³/mol. The van der Waals surface area contributed by atoms with E-state index in [2.05, 4.69) is 32.7 Å². The molecule has 0 heterocycles. The second-order valence-corrected chi connectivity index (χ2v) is 6.06. The van der Waals surface area contributed by atoms with Gasteiger partial charge >= 0.3 is 0 Å². The molecule has 2 nitrogen and oxygen atoms in total. The molecule has 0 spiro atoms. The Morgan fingerprint density at radius 2 is 1.86 bits per heavy atom. The Morgan fingerprint density at radius 1 is 1.29 bits per heavy atom. The van der Waals surface area contributed by atoms with Gasteiger partial charge in [0.05, 0.1) is 6.10 Å². The smallest absolute Gasteiger partial charge is 0.0546 e. The lowest BCUT2D eigenvalue weighted by atomic mass is 9.82. The van der Waals surface area contributed by atoms with Crippen molar-refractivity contribution in [3.63, 3.8) is 0 Å². The second kappa shape index (κ2) is 4.63. The van der Waals surface area contributed by atoms with Crippen LogP contribution in [-0.2, 0) is 0 Å². The maximum absolute atomic E-state index is 9.17. The normalized spacial score (nSPS) is 27.9. The Hall–Kier alpha value is -0.0800. The first-order valence-corrected chi connectivity index (χ1v) is 5.73. The van der Waals surface area contributed by atoms with Gasteiger partial charge in [-0.1, -0.05) is 20.8 Å². The third kappa shape index (κ3) is 4.43. The molecule has 0 radical (unpaired) electrons. The van der Waals surface area contributed by atoms with E-state index in [1.54, 1.807) is 0 Å². The van der Waals surface area contributed by atoms with Gasteiger partial charge < -0.3 is 10.0 Å². The lowest BCUT2D eigenvalue weighted by Gasteiger charge is -2.35. The standard InChI is InChI=1S/C12H25NO/c1-12(2,3)5-6-13(4)9-10-7-11(14)8-10/h10-11,14H,5-9H2,1-4H3. The molecule has 1 saturated carbocycles. The minimum absolute atomic E-state index is 0.00369. The summed E-state index contributed by atoms with van der Waals surface area (Å²) in [5, 5.41) is 9.17. The van der Waals surface area contributed by atoms with Gasteiger partial charge in [-0.15, -0.1) is 0 Å². The maximum atomic E-state index is 9.17. The van der Waals surface area contributed by atoms with Crippen LogP contribution in [0.1, 0.15) is 40.0 Å². The number of rotatable bonds is 4. The Morgan fingerprint density at radius 3 is 2.29 bits per heavy atom. The van der Waals surface area contributed by atoms with Gasteiger partial charge in [-0.05, 0) is 44.2 Å². The molecule has 0 saturated heterocycles. The SMILES string of the molecule is CN(CCC(C)(C)C)CC1CC(O)C1. The molecule has 0 unspecified atom stereocenters. The fourth-order valence-corrected chi connectivity index (χ4v) is 1.91. The van der Waals surface area contributed by atoms with Crippen LogP contribution in [0, 0.1) is 11.3 Å². The van der Waals surface area contributed by atoms with Crippen molar-refractivity contribution in [1.29, 1.82) is 0 Å². The molecule has 0 bridgehead atoms. The highest BCUT2D eigenvalue weighted by Crippen LogP contribution is 2.28. The lowest BCUT2D eigenvalue weighted by Crippen LogP contribution is -2.37. The third-order valence-corrected chi connectivity index (χ3v) is 3.02. The molecule has 1 aliphatic carbocycles. The van der Waals surface area contributed by atoms with E-state index >= 15 is 0 Å². The van der Waals surface area contributed by atoms with Gasteiger partial charge in [0.15, 0.2) is 0 Å². The summed E-state index contributed by atoms with van der Waals surface area (Å²) in [6, 6.07) is 0. The molecular weight excluding hydrogens is 174 g/mol. The average molecular weight is 199 g/mol. The van der Waals surface area contributed by atoms with Crippen LogP contribution in [0.2, 0.25) is 0 Å². The number of aliphatic hydroxyl groups excluding tert-OH is 1. The molecule has 1 N–H and O–H groups in total. The van der Waals surface area contributed by atoms with Crippen molar-refractivity contribution in [2.75, 3.05) is 20.1 Å². The quantitative estimate of drug-likeness (QED) is 0.749. The van der Waals surface area contributed by atoms with E-state index in [1.807, 2.05) is 0 Å². The van der Waals surface area contributed by atoms with E-state index in [9.17, 15) is 5.11 Å². The fourth-order valence-electron chi connectivity index (χ4n) is 1.91. The molecule has 14 heavy (non-hydrogen) atoms. The van der Waals surface area contributed by atoms with Gasteiger partial charge in [0.1, 0.15) is 0 Å². The van der Waals surface area contributed by atoms with E-state index < -0.39 is 0 Å². The van der Waals surface area contributed by atoms with Crippen LogP contribution >= 0.6 is 0 Å². The summed E-state index contributed by atoms with van der Waals surface area (Å²) in [5.41, 5.74) is 0.438. The first-order chi connectivity index (χ1) is 6.37. The van der Waals surface area contributed by atoms with E-state index in [0.717, 1.165) is 25.3 Å². The molecule has 0 atom stereocenters. The number of hydrogen-bond acceptors (Lipinski definition) is 2. The first kappa shape index (κ1) is 12.0. The van der Waals surface area contributed by atoms with E-state index in [0.29, 0.717) is 5.41 Å². The van der Waals surface area contributed by atoms with Crippen molar-refractivity contribution in [1.82, 2.24) is 4.90 Å². The van der Waals surface area contributed by atoms with Gasteiger partial charge in [0.25, 0.3) is 0 Å². The first-order valence-electron chi connectivity index (χ1n) is 5.73. The molecule has 1 fully saturated rings. The highest BCUT2D eigenvalue weighted by atomic mass is 16.3. The summed E-state index contributed by atoms with van der Waals surface area (Å²) >= 11 is 0. The van der Waals surface area contributed by atoms with Gasteiger partial charge in [-0.25, -0.2) is 0 Å². The molecule has 0 aliphatic heterocycles. The Balaban J connectivity index is 2.07. The van der Waals surface area contributed by atoms with E-state index in [1.165, 1.54) is 13.0 Å². The van der Waals surface area contributed by atoms with Gasteiger partial charge in [-0.3, -0.25) is 0 Å². The molecule has 0 aromatic heterocycles. The van der Waals surface area contributed by atoms with Crippen molar-refractivity contribution < 1.29 is 5.11 Å². The van der Waals surface area contributed by atoms with E-state index in [4.69, 9.17) is 0 Å². The summed E-state index contributed by atoms with van der Waals surface area (Å²) in [4.78, 5) is 2.40. The minimum atomic E-state index is -0.00369. The molecule has 2 heteroatoms. The Bertz CT molecular complexity index is 168. The topological polar surface area (TPSA) is 23.5 Å². The zero-order valence-corrected chi connectivity index (χ0v) is 10.1. The third-order valence-electron chi connectivity index (χ3n) is 3.02. The summed E-state index contributed by atoms with van der Waals surface area (Å²) in [6.45, 7) is 9.19. The van der Waals surface area contributed by atoms with E-state index in [-0.39, 0.29) is 6.10 Å². The van der Waals surface area contributed by atoms with Crippen LogP contribution in [0.5, 0.6) is 0 Å². The molecule has 1 rings (SSSR count). The second-order valence-electron chi connectivity index (χ2n) is 6.06. The number of hydrogen-bond donors (Lipinski definition) is 1. The molecule has 84 valence electrons. The molecule has 0 aromatic carbocycles. The van der Waals surface area contributed by atoms with Crippen molar-refractivity contribution in [3.05, 3.63) is 0 Å². The zero-order valence-electron chi connectivity index (χ0n) is 10.1. The van der Waals surface area contributed by atoms with Crippen LogP contribution in [0.15, 0.2) is 0 Å². The average Bonchev–Trinajstić information content (AvgIpc) is 1.97. The van der Waals surface area contributed by atoms with Crippen LogP contribution in [0.3, 0.4) is 0 Å². The predicted octanol–water partition coefficient (Wildman–Crippen LogP) is 2.13. The number of aliphatic hydroxyl groups is 1. The Labute approximate surface area is 88.3 Å². The maximum Gasteiger partial charge on any atom is 0.0546 e. The summed E-state index contributed by atoms with van der Waals surface area (Å²) in [5.74, 6) is 0.745. The largest absolute Gasteiger partial charge is 0.393 e. The molecule has 0 amide bonds. The van der Waals surface area contributed by atoms with Gasteiger partial charge in [0.2, 0.25) is 0 Å². The highest BCUT2D eigenvalue weighted by Gasteiger charge is 2.27. The highest BCUT2D eigenvalue weighted by molar-refractivity contribution is 4.80. The van der Waals surface area contributed by atoms with Gasteiger partial charge in [0, 0.05) is 6.54 Å². The van der Waals surface area contributed by atoms with Crippen molar-refractivity contribution in [2.24, 2.45) is 11.3 Å². The summed E-state index contributed by atoms with van der Waals surface area (Å²) in [7, 11) is 2.19. The monoisotopic (exact) mass is 199 g/mol. The van der Waals surface area contributed by atoms with Crippen LogP contribution in [0.25, 0.3) is 0 Å². The van der Waals surface area contributed by atoms with Crippen molar-refractivity contribution in [3.8, 4) is 0 Å². The zero-order chi connectivity index (χ0) is 10.8. The molecule has 0 aromatic rings. The summed E-state index contributed by atoms with van der Waals surface area (Å²) < 4.78 is 0.